The molecule has 4 nitrogen and oxygen atoms in total. The van der Waals surface area contributed by atoms with Gasteiger partial charge in [0.05, 0.1) is 4.88 Å². The highest BCUT2D eigenvalue weighted by Crippen LogP contribution is 2.23. The lowest BCUT2D eigenvalue weighted by Crippen LogP contribution is -2.50. The molecule has 1 aromatic carbocycles. The Hall–Kier alpha value is -2.40. The normalized spacial score (nSPS) is 17.9. The molecule has 3 rings (SSSR count). The number of carbonyl (C=O) groups excluding carboxylic acids is 2. The summed E-state index contributed by atoms with van der Waals surface area (Å²) in [6.45, 7) is 0. The van der Waals surface area contributed by atoms with E-state index >= 15 is 0 Å². The van der Waals surface area contributed by atoms with Gasteiger partial charge in [-0.2, -0.15) is 0 Å². The van der Waals surface area contributed by atoms with Crippen LogP contribution in [0.5, 0.6) is 0 Å². The third-order valence-corrected chi connectivity index (χ3v) is 3.93. The van der Waals surface area contributed by atoms with Crippen molar-refractivity contribution in [1.29, 1.82) is 0 Å². The van der Waals surface area contributed by atoms with Crippen LogP contribution in [0.3, 0.4) is 0 Å². The predicted octanol–water partition coefficient (Wildman–Crippen LogP) is 3.04. The number of thiophene rings is 1. The van der Waals surface area contributed by atoms with Crippen LogP contribution in [0.2, 0.25) is 0 Å². The van der Waals surface area contributed by atoms with Gasteiger partial charge in [0.25, 0.3) is 0 Å². The fraction of sp³-hybridized carbons (Fsp3) is 0.0667. The zero-order valence-electron chi connectivity index (χ0n) is 10.5. The number of hydrogen-bond donors (Lipinski definition) is 1. The van der Waals surface area contributed by atoms with Crippen LogP contribution in [-0.2, 0) is 0 Å². The Labute approximate surface area is 120 Å². The van der Waals surface area contributed by atoms with Crippen molar-refractivity contribution in [3.63, 3.8) is 0 Å². The first-order chi connectivity index (χ1) is 9.77. The summed E-state index contributed by atoms with van der Waals surface area (Å²) >= 11 is 1.38. The highest BCUT2D eigenvalue weighted by Gasteiger charge is 2.32. The number of Topliss-reactive ketones (excluding diaryl/α,β-unsaturated/α-hetero) is 1. The van der Waals surface area contributed by atoms with Crippen LogP contribution in [0.15, 0.2) is 60.1 Å². The van der Waals surface area contributed by atoms with Crippen molar-refractivity contribution in [2.75, 3.05) is 4.90 Å². The van der Waals surface area contributed by atoms with Gasteiger partial charge in [-0.1, -0.05) is 24.3 Å². The zero-order valence-corrected chi connectivity index (χ0v) is 11.3. The Morgan fingerprint density at radius 2 is 1.95 bits per heavy atom. The average Bonchev–Trinajstić information content (AvgIpc) is 3.01. The van der Waals surface area contributed by atoms with Crippen molar-refractivity contribution in [2.45, 2.75) is 6.04 Å². The highest BCUT2D eigenvalue weighted by molar-refractivity contribution is 7.12. The summed E-state index contributed by atoms with van der Waals surface area (Å²) < 4.78 is 0. The number of benzene rings is 1. The Balaban J connectivity index is 1.99. The van der Waals surface area contributed by atoms with E-state index in [-0.39, 0.29) is 11.8 Å². The topological polar surface area (TPSA) is 49.4 Å². The second kappa shape index (κ2) is 5.30. The van der Waals surface area contributed by atoms with Crippen LogP contribution in [0.4, 0.5) is 10.5 Å². The van der Waals surface area contributed by atoms with Gasteiger partial charge < -0.3 is 5.32 Å². The predicted molar refractivity (Wildman–Crippen MR) is 79.0 cm³/mol. The number of nitrogens with one attached hydrogen (secondary N) is 1. The number of carbonyl (C=O) groups is 2. The third-order valence-electron chi connectivity index (χ3n) is 3.05. The van der Waals surface area contributed by atoms with Crippen molar-refractivity contribution in [3.05, 3.63) is 65.0 Å². The van der Waals surface area contributed by atoms with Crippen molar-refractivity contribution in [3.8, 4) is 0 Å². The van der Waals surface area contributed by atoms with Crippen LogP contribution in [0, 0.1) is 0 Å². The van der Waals surface area contributed by atoms with Gasteiger partial charge in [0, 0.05) is 11.9 Å². The monoisotopic (exact) mass is 284 g/mol. The summed E-state index contributed by atoms with van der Waals surface area (Å²) in [5, 5.41) is 4.47. The first kappa shape index (κ1) is 12.6. The number of urea groups is 1. The van der Waals surface area contributed by atoms with Crippen LogP contribution in [0.25, 0.3) is 0 Å². The van der Waals surface area contributed by atoms with Gasteiger partial charge in [0.15, 0.2) is 5.78 Å². The van der Waals surface area contributed by atoms with E-state index in [4.69, 9.17) is 0 Å². The molecule has 2 amide bonds. The molecule has 1 aliphatic rings. The van der Waals surface area contributed by atoms with E-state index in [1.165, 1.54) is 22.4 Å². The van der Waals surface area contributed by atoms with E-state index in [2.05, 4.69) is 5.32 Å². The lowest BCUT2D eigenvalue weighted by Gasteiger charge is -2.31. The molecule has 1 atom stereocenters. The molecule has 0 saturated carbocycles. The molecule has 0 fully saturated rings. The van der Waals surface area contributed by atoms with Gasteiger partial charge in [-0.25, -0.2) is 4.79 Å². The maximum atomic E-state index is 12.5. The molecule has 2 heterocycles. The molecule has 0 bridgehead atoms. The van der Waals surface area contributed by atoms with Gasteiger partial charge >= 0.3 is 6.03 Å². The lowest BCUT2D eigenvalue weighted by molar-refractivity contribution is 0.0978. The van der Waals surface area contributed by atoms with E-state index in [1.54, 1.807) is 12.1 Å². The van der Waals surface area contributed by atoms with Crippen molar-refractivity contribution >= 4 is 28.8 Å². The summed E-state index contributed by atoms with van der Waals surface area (Å²) in [5.74, 6) is -0.0741. The number of rotatable bonds is 3. The maximum absolute atomic E-state index is 12.5. The molecule has 1 aliphatic heterocycles. The molecule has 0 saturated heterocycles. The number of para-hydroxylation sites is 1. The van der Waals surface area contributed by atoms with Crippen LogP contribution in [-0.4, -0.2) is 17.9 Å². The van der Waals surface area contributed by atoms with Crippen molar-refractivity contribution in [2.24, 2.45) is 0 Å². The van der Waals surface area contributed by atoms with Gasteiger partial charge in [0.2, 0.25) is 0 Å². The SMILES string of the molecule is O=C(c1cccs1)C1C=CNC(=O)N1c1ccccc1. The smallest absolute Gasteiger partial charge is 0.314 e. The number of hydrogen-bond acceptors (Lipinski definition) is 3. The Morgan fingerprint density at radius 1 is 1.15 bits per heavy atom. The fourth-order valence-electron chi connectivity index (χ4n) is 2.13. The molecule has 0 aliphatic carbocycles. The Morgan fingerprint density at radius 3 is 2.65 bits per heavy atom. The summed E-state index contributed by atoms with van der Waals surface area (Å²) in [6, 6.07) is 11.9. The quantitative estimate of drug-likeness (QED) is 0.881. The van der Waals surface area contributed by atoms with E-state index < -0.39 is 6.04 Å². The molecule has 1 unspecified atom stereocenters. The molecule has 1 aromatic heterocycles. The average molecular weight is 284 g/mol. The van der Waals surface area contributed by atoms with Crippen LogP contribution >= 0.6 is 11.3 Å². The molecule has 100 valence electrons. The first-order valence-electron chi connectivity index (χ1n) is 6.16. The Bertz CT molecular complexity index is 650. The summed E-state index contributed by atoms with van der Waals surface area (Å²) in [6.07, 6.45) is 3.23. The molecular formula is C15H12N2O2S. The van der Waals surface area contributed by atoms with E-state index in [0.29, 0.717) is 10.6 Å². The fourth-order valence-corrected chi connectivity index (χ4v) is 2.83. The minimum atomic E-state index is -0.607. The van der Waals surface area contributed by atoms with Crippen LogP contribution in [0.1, 0.15) is 9.67 Å². The third kappa shape index (κ3) is 2.23. The molecule has 0 spiro atoms. The Kier molecular flexibility index (Phi) is 3.35. The van der Waals surface area contributed by atoms with E-state index in [9.17, 15) is 9.59 Å². The second-order valence-electron chi connectivity index (χ2n) is 4.30. The van der Waals surface area contributed by atoms with Crippen molar-refractivity contribution < 1.29 is 9.59 Å². The first-order valence-corrected chi connectivity index (χ1v) is 7.04. The summed E-state index contributed by atoms with van der Waals surface area (Å²) in [4.78, 5) is 26.7. The summed E-state index contributed by atoms with van der Waals surface area (Å²) in [5.41, 5.74) is 0.698. The largest absolute Gasteiger partial charge is 0.326 e. The molecule has 0 radical (unpaired) electrons. The minimum Gasteiger partial charge on any atom is -0.314 e. The molecule has 5 heteroatoms. The van der Waals surface area contributed by atoms with Gasteiger partial charge in [0.1, 0.15) is 6.04 Å². The number of ketones is 1. The van der Waals surface area contributed by atoms with Crippen molar-refractivity contribution in [1.82, 2.24) is 5.32 Å². The highest BCUT2D eigenvalue weighted by atomic mass is 32.1. The van der Waals surface area contributed by atoms with Crippen LogP contribution < -0.4 is 10.2 Å². The van der Waals surface area contributed by atoms with Gasteiger partial charge in [-0.05, 0) is 29.7 Å². The molecular weight excluding hydrogens is 272 g/mol. The number of anilines is 1. The maximum Gasteiger partial charge on any atom is 0.326 e. The summed E-state index contributed by atoms with van der Waals surface area (Å²) in [7, 11) is 0. The molecule has 20 heavy (non-hydrogen) atoms. The second-order valence-corrected chi connectivity index (χ2v) is 5.25. The molecule has 1 N–H and O–H groups in total. The van der Waals surface area contributed by atoms with E-state index in [0.717, 1.165) is 0 Å². The molecule has 2 aromatic rings. The number of amides is 2. The van der Waals surface area contributed by atoms with E-state index in [1.807, 2.05) is 41.8 Å². The number of nitrogens with zero attached hydrogens (tertiary/aromatic N) is 1. The zero-order chi connectivity index (χ0) is 13.9. The standard InChI is InChI=1S/C15H12N2O2S/c18-14(13-7-4-10-20-13)12-8-9-16-15(19)17(12)11-5-2-1-3-6-11/h1-10,12H,(H,16,19). The lowest BCUT2D eigenvalue weighted by atomic mass is 10.1. The minimum absolute atomic E-state index is 0.0741. The van der Waals surface area contributed by atoms with Gasteiger partial charge in [-0.15, -0.1) is 11.3 Å². The van der Waals surface area contributed by atoms with Gasteiger partial charge in [-0.3, -0.25) is 9.69 Å².